The van der Waals surface area contributed by atoms with Crippen molar-refractivity contribution in [2.75, 3.05) is 13.2 Å². The molecule has 5 rings (SSSR count). The zero-order valence-corrected chi connectivity index (χ0v) is 18.7. The van der Waals surface area contributed by atoms with Crippen molar-refractivity contribution in [3.8, 4) is 0 Å². The van der Waals surface area contributed by atoms with Crippen molar-refractivity contribution < 1.29 is 27.5 Å². The molecule has 9 heteroatoms. The molecule has 1 amide bonds. The highest BCUT2D eigenvalue weighted by molar-refractivity contribution is 7.90. The summed E-state index contributed by atoms with van der Waals surface area (Å²) in [5, 5.41) is 2.35. The Labute approximate surface area is 196 Å². The number of nitrogens with one attached hydrogen (secondary N) is 1. The van der Waals surface area contributed by atoms with Crippen LogP contribution in [-0.2, 0) is 24.3 Å². The first-order chi connectivity index (χ1) is 16.4. The van der Waals surface area contributed by atoms with E-state index in [0.717, 1.165) is 23.1 Å². The molecule has 172 valence electrons. The molecule has 0 saturated heterocycles. The summed E-state index contributed by atoms with van der Waals surface area (Å²) in [6.45, 7) is -0.390. The van der Waals surface area contributed by atoms with Crippen molar-refractivity contribution in [3.05, 3.63) is 95.1 Å². The van der Waals surface area contributed by atoms with Gasteiger partial charge >= 0.3 is 12.1 Å². The fraction of sp³-hybridized carbons (Fsp3) is 0.160. The summed E-state index contributed by atoms with van der Waals surface area (Å²) in [6, 6.07) is 14.1. The number of hydrogen-bond donors (Lipinski definition) is 1. The minimum atomic E-state index is -3.90. The third-order valence-corrected chi connectivity index (χ3v) is 7.12. The molecule has 3 aliphatic rings. The molecule has 1 aliphatic heterocycles. The molecular weight excluding hydrogens is 456 g/mol. The fourth-order valence-electron chi connectivity index (χ4n) is 4.30. The number of nitrogens with zero attached hydrogens (tertiary/aromatic N) is 1. The number of hydrogen-bond acceptors (Lipinski definition) is 6. The van der Waals surface area contributed by atoms with Crippen molar-refractivity contribution in [3.63, 3.8) is 0 Å². The average molecular weight is 477 g/mol. The third kappa shape index (κ3) is 4.06. The second-order valence-corrected chi connectivity index (χ2v) is 9.43. The number of esters is 1. The van der Waals surface area contributed by atoms with Gasteiger partial charge in [-0.15, -0.1) is 4.40 Å². The van der Waals surface area contributed by atoms with Crippen molar-refractivity contribution in [2.45, 2.75) is 17.2 Å². The molecule has 0 spiro atoms. The van der Waals surface area contributed by atoms with Crippen LogP contribution in [0.5, 0.6) is 0 Å². The van der Waals surface area contributed by atoms with Crippen LogP contribution in [-0.4, -0.2) is 39.5 Å². The summed E-state index contributed by atoms with van der Waals surface area (Å²) in [4.78, 5) is 24.4. The number of sulfonamides is 1. The summed E-state index contributed by atoms with van der Waals surface area (Å²) in [5.41, 5.74) is 4.77. The van der Waals surface area contributed by atoms with Gasteiger partial charge in [-0.1, -0.05) is 60.7 Å². The van der Waals surface area contributed by atoms with Gasteiger partial charge in [-0.25, -0.2) is 9.59 Å². The summed E-state index contributed by atoms with van der Waals surface area (Å²) in [6.07, 6.45) is 8.12. The molecule has 0 bridgehead atoms. The minimum absolute atomic E-state index is 0.0292. The van der Waals surface area contributed by atoms with E-state index < -0.39 is 28.6 Å². The van der Waals surface area contributed by atoms with Gasteiger partial charge in [0.15, 0.2) is 0 Å². The Morgan fingerprint density at radius 2 is 1.79 bits per heavy atom. The first kappa shape index (κ1) is 21.8. The van der Waals surface area contributed by atoms with Crippen LogP contribution in [0.3, 0.4) is 0 Å². The maximum Gasteiger partial charge on any atom is 0.407 e. The molecule has 0 saturated carbocycles. The van der Waals surface area contributed by atoms with Crippen LogP contribution in [0.4, 0.5) is 4.79 Å². The monoisotopic (exact) mass is 476 g/mol. The van der Waals surface area contributed by atoms with Gasteiger partial charge in [0.1, 0.15) is 18.0 Å². The van der Waals surface area contributed by atoms with Gasteiger partial charge in [-0.2, -0.15) is 8.42 Å². The molecule has 0 aromatic heterocycles. The molecule has 34 heavy (non-hydrogen) atoms. The van der Waals surface area contributed by atoms with Crippen LogP contribution in [0.1, 0.15) is 29.0 Å². The van der Waals surface area contributed by atoms with Gasteiger partial charge < -0.3 is 14.8 Å². The lowest BCUT2D eigenvalue weighted by Crippen LogP contribution is -2.33. The standard InChI is InChI=1S/C25H20N2O6S/c28-23(33-24-20-12-6-7-13-22(20)34(30,31)27-24)14-26-25(29)32-15-21-18-9-3-1-2-8-16(18)17-10-4-5-11-19(17)21/h1-7,9-13,21H,8,14-15H2,(H,26,29). The van der Waals surface area contributed by atoms with Crippen LogP contribution in [0.25, 0.3) is 5.57 Å². The number of carbonyl (C=O) groups is 2. The topological polar surface area (TPSA) is 111 Å². The first-order valence-electron chi connectivity index (χ1n) is 10.7. The van der Waals surface area contributed by atoms with Crippen molar-refractivity contribution >= 4 is 33.6 Å². The number of carbonyl (C=O) groups excluding carboxylic acids is 2. The highest BCUT2D eigenvalue weighted by Gasteiger charge is 2.32. The summed E-state index contributed by atoms with van der Waals surface area (Å²) in [7, 11) is -3.90. The molecule has 2 aromatic carbocycles. The van der Waals surface area contributed by atoms with E-state index in [4.69, 9.17) is 9.47 Å². The van der Waals surface area contributed by atoms with E-state index in [1.54, 1.807) is 12.1 Å². The Hall–Kier alpha value is -3.98. The molecular formula is C25H20N2O6S. The van der Waals surface area contributed by atoms with Gasteiger partial charge in [-0.3, -0.25) is 0 Å². The maximum atomic E-state index is 12.3. The highest BCUT2D eigenvalue weighted by Crippen LogP contribution is 2.45. The van der Waals surface area contributed by atoms with E-state index in [1.165, 1.54) is 17.7 Å². The van der Waals surface area contributed by atoms with E-state index >= 15 is 0 Å². The van der Waals surface area contributed by atoms with Gasteiger partial charge in [0.2, 0.25) is 5.90 Å². The molecule has 2 aliphatic carbocycles. The van der Waals surface area contributed by atoms with E-state index in [0.29, 0.717) is 0 Å². The first-order valence-corrected chi connectivity index (χ1v) is 12.1. The van der Waals surface area contributed by atoms with E-state index in [9.17, 15) is 18.0 Å². The highest BCUT2D eigenvalue weighted by atomic mass is 32.2. The summed E-state index contributed by atoms with van der Waals surface area (Å²) in [5.74, 6) is -1.28. The van der Waals surface area contributed by atoms with Crippen LogP contribution in [0, 0.1) is 0 Å². The molecule has 1 unspecified atom stereocenters. The van der Waals surface area contributed by atoms with Crippen molar-refractivity contribution in [2.24, 2.45) is 4.40 Å². The van der Waals surface area contributed by atoms with Gasteiger partial charge in [0.25, 0.3) is 10.0 Å². The molecule has 1 heterocycles. The van der Waals surface area contributed by atoms with Crippen LogP contribution in [0.2, 0.25) is 0 Å². The zero-order chi connectivity index (χ0) is 23.7. The quantitative estimate of drug-likeness (QED) is 0.677. The molecule has 1 atom stereocenters. The average Bonchev–Trinajstić information content (AvgIpc) is 3.12. The molecule has 0 radical (unpaired) electrons. The van der Waals surface area contributed by atoms with E-state index in [-0.39, 0.29) is 28.9 Å². The number of fused-ring (bicyclic) bond motifs is 3. The Balaban J connectivity index is 1.19. The predicted octanol–water partition coefficient (Wildman–Crippen LogP) is 3.47. The molecule has 8 nitrogen and oxygen atoms in total. The van der Waals surface area contributed by atoms with Gasteiger partial charge in [0, 0.05) is 5.92 Å². The van der Waals surface area contributed by atoms with Gasteiger partial charge in [0.05, 0.1) is 5.56 Å². The number of ether oxygens (including phenoxy) is 2. The SMILES string of the molecule is O=C(CNC(=O)OCC1C2=C(CC=CC=C2)c2ccccc21)OC1=NS(=O)(=O)c2ccccc21. The number of amides is 1. The molecule has 1 N–H and O–H groups in total. The number of alkyl carbamates (subject to hydrolysis) is 1. The predicted molar refractivity (Wildman–Crippen MR) is 125 cm³/mol. The van der Waals surface area contributed by atoms with Crippen molar-refractivity contribution in [1.29, 1.82) is 0 Å². The molecule has 0 fully saturated rings. The lowest BCUT2D eigenvalue weighted by Gasteiger charge is -2.15. The van der Waals surface area contributed by atoms with Crippen LogP contribution < -0.4 is 5.32 Å². The number of benzene rings is 2. The second-order valence-electron chi connectivity index (χ2n) is 7.86. The number of rotatable bonds is 4. The smallest absolute Gasteiger partial charge is 0.407 e. The second kappa shape index (κ2) is 8.75. The number of allylic oxidation sites excluding steroid dienone is 5. The van der Waals surface area contributed by atoms with Gasteiger partial charge in [-0.05, 0) is 40.8 Å². The summed E-state index contributed by atoms with van der Waals surface area (Å²) < 4.78 is 38.1. The minimum Gasteiger partial charge on any atom is -0.449 e. The largest absolute Gasteiger partial charge is 0.449 e. The lowest BCUT2D eigenvalue weighted by atomic mass is 9.96. The van der Waals surface area contributed by atoms with Crippen LogP contribution in [0.15, 0.2) is 87.7 Å². The Kier molecular flexibility index (Phi) is 5.62. The Bertz CT molecular complexity index is 1420. The lowest BCUT2D eigenvalue weighted by molar-refractivity contribution is -0.134. The normalized spacial score (nSPS) is 18.9. The Morgan fingerprint density at radius 1 is 1.03 bits per heavy atom. The molecule has 2 aromatic rings. The fourth-order valence-corrected chi connectivity index (χ4v) is 5.44. The summed E-state index contributed by atoms with van der Waals surface area (Å²) >= 11 is 0. The van der Waals surface area contributed by atoms with E-state index in [1.807, 2.05) is 36.4 Å². The Morgan fingerprint density at radius 3 is 2.65 bits per heavy atom. The van der Waals surface area contributed by atoms with Crippen LogP contribution >= 0.6 is 0 Å². The van der Waals surface area contributed by atoms with Crippen molar-refractivity contribution in [1.82, 2.24) is 5.32 Å². The zero-order valence-electron chi connectivity index (χ0n) is 17.9. The van der Waals surface area contributed by atoms with E-state index in [2.05, 4.69) is 21.9 Å². The third-order valence-electron chi connectivity index (χ3n) is 5.80. The maximum absolute atomic E-state index is 12.3.